The molecule has 3 aromatic rings. The lowest BCUT2D eigenvalue weighted by Gasteiger charge is -2.05. The molecule has 7 nitrogen and oxygen atoms in total. The van der Waals surface area contributed by atoms with Crippen molar-refractivity contribution in [3.63, 3.8) is 0 Å². The molecule has 0 radical (unpaired) electrons. The van der Waals surface area contributed by atoms with Gasteiger partial charge in [-0.15, -0.1) is 0 Å². The first-order valence-corrected chi connectivity index (χ1v) is 6.13. The van der Waals surface area contributed by atoms with Crippen molar-refractivity contribution in [1.82, 2.24) is 24.7 Å². The van der Waals surface area contributed by atoms with Crippen LogP contribution in [0.3, 0.4) is 0 Å². The summed E-state index contributed by atoms with van der Waals surface area (Å²) >= 11 is 0. The number of pyridine rings is 1. The van der Waals surface area contributed by atoms with Crippen molar-refractivity contribution in [1.29, 1.82) is 0 Å². The lowest BCUT2D eigenvalue weighted by atomic mass is 10.1. The summed E-state index contributed by atoms with van der Waals surface area (Å²) in [4.78, 5) is 23.6. The van der Waals surface area contributed by atoms with Gasteiger partial charge in [-0.2, -0.15) is 5.10 Å². The molecule has 0 saturated heterocycles. The van der Waals surface area contributed by atoms with Crippen molar-refractivity contribution in [2.75, 3.05) is 5.73 Å². The summed E-state index contributed by atoms with van der Waals surface area (Å²) in [6, 6.07) is 1.75. The number of fused-ring (bicyclic) bond motifs is 1. The number of aryl methyl sites for hydroxylation is 3. The van der Waals surface area contributed by atoms with Crippen LogP contribution in [0.1, 0.15) is 11.4 Å². The minimum Gasteiger partial charge on any atom is -0.397 e. The van der Waals surface area contributed by atoms with Crippen LogP contribution in [0.2, 0.25) is 0 Å². The second kappa shape index (κ2) is 4.16. The highest BCUT2D eigenvalue weighted by Crippen LogP contribution is 2.21. The first-order valence-electron chi connectivity index (χ1n) is 6.13. The highest BCUT2D eigenvalue weighted by molar-refractivity contribution is 5.79. The smallest absolute Gasteiger partial charge is 0.277 e. The number of aromatic nitrogens is 5. The van der Waals surface area contributed by atoms with E-state index in [0.717, 1.165) is 5.69 Å². The van der Waals surface area contributed by atoms with Crippen LogP contribution in [0.25, 0.3) is 22.4 Å². The third-order valence-corrected chi connectivity index (χ3v) is 3.22. The second-order valence-corrected chi connectivity index (χ2v) is 4.72. The maximum atomic E-state index is 12.2. The fourth-order valence-corrected chi connectivity index (χ4v) is 2.26. The Labute approximate surface area is 114 Å². The molecule has 0 fully saturated rings. The lowest BCUT2D eigenvalue weighted by Crippen LogP contribution is -2.13. The molecule has 3 aromatic heterocycles. The number of hydrogen-bond acceptors (Lipinski definition) is 5. The number of hydrogen-bond donors (Lipinski definition) is 2. The number of nitrogens with two attached hydrogens (primary N) is 1. The number of H-pyrrole nitrogens is 1. The van der Waals surface area contributed by atoms with Crippen LogP contribution < -0.4 is 11.3 Å². The monoisotopic (exact) mass is 270 g/mol. The molecule has 3 rings (SSSR count). The molecule has 0 amide bonds. The summed E-state index contributed by atoms with van der Waals surface area (Å²) in [6.07, 6.45) is 1.57. The maximum absolute atomic E-state index is 12.2. The van der Waals surface area contributed by atoms with Gasteiger partial charge in [-0.1, -0.05) is 0 Å². The summed E-state index contributed by atoms with van der Waals surface area (Å²) in [5, 5.41) is 4.22. The molecule has 0 aliphatic rings. The van der Waals surface area contributed by atoms with Crippen LogP contribution >= 0.6 is 0 Å². The molecular formula is C13H14N6O. The number of rotatable bonds is 1. The van der Waals surface area contributed by atoms with Crippen LogP contribution in [-0.4, -0.2) is 24.7 Å². The number of nitrogens with zero attached hydrogens (tertiary/aromatic N) is 4. The molecule has 102 valence electrons. The topological polar surface area (TPSA) is 102 Å². The van der Waals surface area contributed by atoms with Gasteiger partial charge in [0.05, 0.1) is 17.6 Å². The van der Waals surface area contributed by atoms with E-state index in [4.69, 9.17) is 5.73 Å². The van der Waals surface area contributed by atoms with E-state index in [-0.39, 0.29) is 5.56 Å². The first kappa shape index (κ1) is 12.3. The van der Waals surface area contributed by atoms with Gasteiger partial charge in [0.15, 0.2) is 5.52 Å². The van der Waals surface area contributed by atoms with E-state index in [2.05, 4.69) is 20.1 Å². The number of nitrogens with one attached hydrogen (secondary N) is 1. The van der Waals surface area contributed by atoms with Gasteiger partial charge in [-0.3, -0.25) is 14.5 Å². The lowest BCUT2D eigenvalue weighted by molar-refractivity contribution is 0.779. The van der Waals surface area contributed by atoms with E-state index in [9.17, 15) is 4.79 Å². The predicted octanol–water partition coefficient (Wildman–Crippen LogP) is 0.918. The molecule has 7 heteroatoms. The van der Waals surface area contributed by atoms with E-state index in [1.165, 1.54) is 4.68 Å². The molecule has 0 unspecified atom stereocenters. The quantitative estimate of drug-likeness (QED) is 0.684. The number of aromatic amines is 1. The van der Waals surface area contributed by atoms with Crippen LogP contribution in [-0.2, 0) is 7.05 Å². The number of nitrogen functional groups attached to an aromatic ring is 1. The Kier molecular flexibility index (Phi) is 2.56. The van der Waals surface area contributed by atoms with Gasteiger partial charge in [0, 0.05) is 18.3 Å². The van der Waals surface area contributed by atoms with Crippen LogP contribution in [0.4, 0.5) is 5.69 Å². The third kappa shape index (κ3) is 1.75. The zero-order valence-electron chi connectivity index (χ0n) is 11.4. The first-order chi connectivity index (χ1) is 9.47. The largest absolute Gasteiger partial charge is 0.397 e. The van der Waals surface area contributed by atoms with Crippen molar-refractivity contribution in [2.24, 2.45) is 7.05 Å². The standard InChI is InChI=1S/C13H14N6O/c1-6-9(4-8(14)5-15-6)12-16-10-7(2)18-19(3)11(10)13(20)17-12/h4-5H,14H2,1-3H3,(H,16,17,20). The average molecular weight is 270 g/mol. The molecule has 3 heterocycles. The maximum Gasteiger partial charge on any atom is 0.277 e. The van der Waals surface area contributed by atoms with Crippen LogP contribution in [0.15, 0.2) is 17.1 Å². The average Bonchev–Trinajstić information content (AvgIpc) is 2.68. The zero-order valence-corrected chi connectivity index (χ0v) is 11.4. The Bertz CT molecular complexity index is 876. The van der Waals surface area contributed by atoms with Gasteiger partial charge >= 0.3 is 0 Å². The molecule has 0 bridgehead atoms. The highest BCUT2D eigenvalue weighted by Gasteiger charge is 2.14. The minimum atomic E-state index is -0.227. The van der Waals surface area contributed by atoms with Gasteiger partial charge in [0.25, 0.3) is 5.56 Å². The summed E-state index contributed by atoms with van der Waals surface area (Å²) in [7, 11) is 1.72. The Balaban J connectivity index is 2.36. The Morgan fingerprint density at radius 1 is 1.30 bits per heavy atom. The number of anilines is 1. The van der Waals surface area contributed by atoms with E-state index >= 15 is 0 Å². The second-order valence-electron chi connectivity index (χ2n) is 4.72. The van der Waals surface area contributed by atoms with Crippen molar-refractivity contribution in [3.05, 3.63) is 34.0 Å². The van der Waals surface area contributed by atoms with Gasteiger partial charge in [-0.25, -0.2) is 4.98 Å². The Morgan fingerprint density at radius 3 is 2.80 bits per heavy atom. The van der Waals surface area contributed by atoms with E-state index in [1.54, 1.807) is 19.3 Å². The van der Waals surface area contributed by atoms with Gasteiger partial charge in [0.1, 0.15) is 11.3 Å². The fraction of sp³-hybridized carbons (Fsp3) is 0.231. The molecule has 0 aromatic carbocycles. The molecular weight excluding hydrogens is 256 g/mol. The summed E-state index contributed by atoms with van der Waals surface area (Å²) in [6.45, 7) is 3.66. The van der Waals surface area contributed by atoms with Crippen molar-refractivity contribution >= 4 is 16.7 Å². The van der Waals surface area contributed by atoms with Crippen molar-refractivity contribution in [3.8, 4) is 11.4 Å². The SMILES string of the molecule is Cc1ncc(N)cc1-c1nc2c(C)nn(C)c2c(=O)[nH]1. The third-order valence-electron chi connectivity index (χ3n) is 3.22. The molecule has 0 spiro atoms. The van der Waals surface area contributed by atoms with Gasteiger partial charge < -0.3 is 10.7 Å². The van der Waals surface area contributed by atoms with E-state index in [1.807, 2.05) is 13.8 Å². The normalized spacial score (nSPS) is 11.2. The Hall–Kier alpha value is -2.70. The van der Waals surface area contributed by atoms with Crippen LogP contribution in [0, 0.1) is 13.8 Å². The molecule has 0 aliphatic carbocycles. The molecule has 0 atom stereocenters. The van der Waals surface area contributed by atoms with Crippen LogP contribution in [0.5, 0.6) is 0 Å². The van der Waals surface area contributed by atoms with Gasteiger partial charge in [0.2, 0.25) is 0 Å². The molecule has 3 N–H and O–H groups in total. The molecule has 20 heavy (non-hydrogen) atoms. The summed E-state index contributed by atoms with van der Waals surface area (Å²) in [5.41, 5.74) is 9.28. The van der Waals surface area contributed by atoms with Crippen molar-refractivity contribution in [2.45, 2.75) is 13.8 Å². The molecule has 0 aliphatic heterocycles. The van der Waals surface area contributed by atoms with E-state index < -0.39 is 0 Å². The van der Waals surface area contributed by atoms with E-state index in [0.29, 0.717) is 33.8 Å². The summed E-state index contributed by atoms with van der Waals surface area (Å²) < 4.78 is 1.53. The minimum absolute atomic E-state index is 0.227. The highest BCUT2D eigenvalue weighted by atomic mass is 16.1. The molecule has 0 saturated carbocycles. The Morgan fingerprint density at radius 2 is 2.05 bits per heavy atom. The fourth-order valence-electron chi connectivity index (χ4n) is 2.26. The van der Waals surface area contributed by atoms with Gasteiger partial charge in [-0.05, 0) is 19.9 Å². The summed E-state index contributed by atoms with van der Waals surface area (Å²) in [5.74, 6) is 0.455. The zero-order chi connectivity index (χ0) is 14.4. The predicted molar refractivity (Wildman–Crippen MR) is 76.2 cm³/mol. The van der Waals surface area contributed by atoms with Crippen molar-refractivity contribution < 1.29 is 0 Å².